The van der Waals surface area contributed by atoms with Gasteiger partial charge in [0, 0.05) is 23.7 Å². The third kappa shape index (κ3) is 4.24. The first-order chi connectivity index (χ1) is 13.1. The van der Waals surface area contributed by atoms with Crippen molar-refractivity contribution in [3.63, 3.8) is 0 Å². The number of fused-ring (bicyclic) bond motifs is 1. The summed E-state index contributed by atoms with van der Waals surface area (Å²) in [5.74, 6) is -1.05. The number of nitrogens with zero attached hydrogens (tertiary/aromatic N) is 1. The van der Waals surface area contributed by atoms with Crippen LogP contribution in [0.1, 0.15) is 27.0 Å². The van der Waals surface area contributed by atoms with Crippen molar-refractivity contribution in [2.45, 2.75) is 18.9 Å². The number of nitrogens with one attached hydrogen (secondary N) is 1. The van der Waals surface area contributed by atoms with Crippen LogP contribution in [0.5, 0.6) is 0 Å². The molecular formula is C19H12F6N2O. The number of alkyl halides is 6. The largest absolute Gasteiger partial charge is 0.416 e. The van der Waals surface area contributed by atoms with Crippen molar-refractivity contribution in [2.24, 2.45) is 0 Å². The molecule has 0 aliphatic rings. The van der Waals surface area contributed by atoms with Gasteiger partial charge in [-0.3, -0.25) is 9.78 Å². The van der Waals surface area contributed by atoms with Gasteiger partial charge in [0.25, 0.3) is 5.91 Å². The van der Waals surface area contributed by atoms with Crippen molar-refractivity contribution in [3.8, 4) is 0 Å². The molecule has 0 saturated carbocycles. The number of aromatic nitrogens is 1. The Morgan fingerprint density at radius 2 is 1.50 bits per heavy atom. The molecule has 0 spiro atoms. The topological polar surface area (TPSA) is 42.0 Å². The molecule has 3 aromatic rings. The van der Waals surface area contributed by atoms with E-state index < -0.39 is 35.0 Å². The molecule has 1 N–H and O–H groups in total. The van der Waals surface area contributed by atoms with Gasteiger partial charge in [0.2, 0.25) is 0 Å². The summed E-state index contributed by atoms with van der Waals surface area (Å²) in [5.41, 5.74) is -2.66. The average molecular weight is 398 g/mol. The molecule has 1 aromatic heterocycles. The molecule has 0 aliphatic heterocycles. The lowest BCUT2D eigenvalue weighted by Gasteiger charge is -2.14. The van der Waals surface area contributed by atoms with Crippen molar-refractivity contribution in [1.82, 2.24) is 10.3 Å². The number of para-hydroxylation sites is 1. The molecule has 0 atom stereocenters. The van der Waals surface area contributed by atoms with Crippen LogP contribution in [-0.4, -0.2) is 10.9 Å². The van der Waals surface area contributed by atoms with Crippen LogP contribution in [0.3, 0.4) is 0 Å². The summed E-state index contributed by atoms with van der Waals surface area (Å²) >= 11 is 0. The zero-order valence-electron chi connectivity index (χ0n) is 14.0. The summed E-state index contributed by atoms with van der Waals surface area (Å²) in [4.78, 5) is 16.4. The highest BCUT2D eigenvalue weighted by molar-refractivity contribution is 5.95. The Labute approximate surface area is 155 Å². The second kappa shape index (κ2) is 7.14. The van der Waals surface area contributed by atoms with Gasteiger partial charge in [-0.25, -0.2) is 0 Å². The van der Waals surface area contributed by atoms with E-state index in [1.54, 1.807) is 30.3 Å². The van der Waals surface area contributed by atoms with Crippen LogP contribution in [0.4, 0.5) is 26.3 Å². The Kier molecular flexibility index (Phi) is 5.01. The molecule has 0 unspecified atom stereocenters. The van der Waals surface area contributed by atoms with E-state index in [0.717, 1.165) is 5.39 Å². The third-order valence-corrected chi connectivity index (χ3v) is 4.01. The maximum absolute atomic E-state index is 12.9. The number of amides is 1. The molecular weight excluding hydrogens is 386 g/mol. The number of benzene rings is 2. The van der Waals surface area contributed by atoms with Crippen LogP contribution in [0, 0.1) is 0 Å². The van der Waals surface area contributed by atoms with Crippen molar-refractivity contribution in [3.05, 3.63) is 77.0 Å². The smallest absolute Gasteiger partial charge is 0.348 e. The molecule has 3 nitrogen and oxygen atoms in total. The minimum Gasteiger partial charge on any atom is -0.348 e. The summed E-state index contributed by atoms with van der Waals surface area (Å²) < 4.78 is 77.5. The van der Waals surface area contributed by atoms with Crippen LogP contribution >= 0.6 is 0 Å². The van der Waals surface area contributed by atoms with Crippen LogP contribution in [0.15, 0.2) is 54.7 Å². The predicted octanol–water partition coefficient (Wildman–Crippen LogP) is 5.20. The summed E-state index contributed by atoms with van der Waals surface area (Å²) in [6.07, 6.45) is -8.50. The van der Waals surface area contributed by atoms with E-state index in [4.69, 9.17) is 0 Å². The molecule has 0 saturated heterocycles. The normalized spacial score (nSPS) is 12.2. The number of hydrogen-bond donors (Lipinski definition) is 1. The van der Waals surface area contributed by atoms with Gasteiger partial charge in [-0.15, -0.1) is 0 Å². The minimum absolute atomic E-state index is 0.0224. The van der Waals surface area contributed by atoms with E-state index in [-0.39, 0.29) is 12.6 Å². The Bertz CT molecular complexity index is 989. The van der Waals surface area contributed by atoms with E-state index in [1.165, 1.54) is 6.20 Å². The second-order valence-corrected chi connectivity index (χ2v) is 5.97. The molecule has 1 heterocycles. The van der Waals surface area contributed by atoms with Crippen LogP contribution in [0.2, 0.25) is 0 Å². The Morgan fingerprint density at radius 3 is 2.11 bits per heavy atom. The highest BCUT2D eigenvalue weighted by atomic mass is 19.4. The maximum atomic E-state index is 12.9. The molecule has 0 radical (unpaired) electrons. The number of carbonyl (C=O) groups excluding carboxylic acids is 1. The number of hydrogen-bond acceptors (Lipinski definition) is 2. The van der Waals surface area contributed by atoms with Gasteiger partial charge >= 0.3 is 12.4 Å². The number of carbonyl (C=O) groups is 1. The SMILES string of the molecule is O=C(NCc1cccc2cccnc12)c1cc(C(F)(F)F)cc(C(F)(F)F)c1. The lowest BCUT2D eigenvalue weighted by molar-refractivity contribution is -0.143. The second-order valence-electron chi connectivity index (χ2n) is 5.97. The zero-order chi connectivity index (χ0) is 20.5. The van der Waals surface area contributed by atoms with E-state index in [1.807, 2.05) is 0 Å². The molecule has 9 heteroatoms. The lowest BCUT2D eigenvalue weighted by atomic mass is 10.0. The van der Waals surface area contributed by atoms with Crippen LogP contribution < -0.4 is 5.32 Å². The number of pyridine rings is 1. The predicted molar refractivity (Wildman–Crippen MR) is 89.4 cm³/mol. The molecule has 146 valence electrons. The highest BCUT2D eigenvalue weighted by Gasteiger charge is 2.37. The standard InChI is InChI=1S/C19H12F6N2O/c20-18(21,22)14-7-13(8-15(9-14)19(23,24)25)17(28)27-10-12-4-1-3-11-5-2-6-26-16(11)12/h1-9H,10H2,(H,27,28). The monoisotopic (exact) mass is 398 g/mol. The highest BCUT2D eigenvalue weighted by Crippen LogP contribution is 2.36. The maximum Gasteiger partial charge on any atom is 0.416 e. The molecule has 0 aliphatic carbocycles. The van der Waals surface area contributed by atoms with Crippen LogP contribution in [-0.2, 0) is 18.9 Å². The number of rotatable bonds is 3. The van der Waals surface area contributed by atoms with E-state index >= 15 is 0 Å². The Morgan fingerprint density at radius 1 is 0.893 bits per heavy atom. The van der Waals surface area contributed by atoms with Gasteiger partial charge in [0.05, 0.1) is 16.6 Å². The van der Waals surface area contributed by atoms with Gasteiger partial charge in [-0.1, -0.05) is 24.3 Å². The first kappa shape index (κ1) is 19.7. The fraction of sp³-hybridized carbons (Fsp3) is 0.158. The summed E-state index contributed by atoms with van der Waals surface area (Å²) in [5, 5.41) is 3.14. The van der Waals surface area contributed by atoms with Gasteiger partial charge in [0.15, 0.2) is 0 Å². The number of halogens is 6. The van der Waals surface area contributed by atoms with Crippen molar-refractivity contribution >= 4 is 16.8 Å². The fourth-order valence-electron chi connectivity index (χ4n) is 2.67. The van der Waals surface area contributed by atoms with Gasteiger partial charge in [-0.05, 0) is 29.8 Å². The van der Waals surface area contributed by atoms with Crippen molar-refractivity contribution in [2.75, 3.05) is 0 Å². The third-order valence-electron chi connectivity index (χ3n) is 4.01. The van der Waals surface area contributed by atoms with Crippen molar-refractivity contribution < 1.29 is 31.1 Å². The molecule has 0 bridgehead atoms. The molecule has 28 heavy (non-hydrogen) atoms. The van der Waals surface area contributed by atoms with E-state index in [2.05, 4.69) is 10.3 Å². The quantitative estimate of drug-likeness (QED) is 0.616. The Hall–Kier alpha value is -3.10. The first-order valence-corrected chi connectivity index (χ1v) is 7.96. The summed E-state index contributed by atoms with van der Waals surface area (Å²) in [7, 11) is 0. The van der Waals surface area contributed by atoms with E-state index in [9.17, 15) is 31.1 Å². The van der Waals surface area contributed by atoms with Crippen molar-refractivity contribution in [1.29, 1.82) is 0 Å². The summed E-state index contributed by atoms with van der Waals surface area (Å²) in [6.45, 7) is -0.106. The molecule has 0 fully saturated rings. The van der Waals surface area contributed by atoms with E-state index in [0.29, 0.717) is 23.2 Å². The molecule has 1 amide bonds. The zero-order valence-corrected chi connectivity index (χ0v) is 14.0. The van der Waals surface area contributed by atoms with Crippen LogP contribution in [0.25, 0.3) is 10.9 Å². The van der Waals surface area contributed by atoms with Gasteiger partial charge in [-0.2, -0.15) is 26.3 Å². The summed E-state index contributed by atoms with van der Waals surface area (Å²) in [6, 6.07) is 9.42. The first-order valence-electron chi connectivity index (χ1n) is 7.96. The minimum atomic E-state index is -5.02. The average Bonchev–Trinajstić information content (AvgIpc) is 2.64. The van der Waals surface area contributed by atoms with Gasteiger partial charge < -0.3 is 5.32 Å². The van der Waals surface area contributed by atoms with Gasteiger partial charge in [0.1, 0.15) is 0 Å². The molecule has 3 rings (SSSR count). The molecule has 2 aromatic carbocycles. The Balaban J connectivity index is 1.89. The lowest BCUT2D eigenvalue weighted by Crippen LogP contribution is -2.24. The fourth-order valence-corrected chi connectivity index (χ4v) is 2.67.